The van der Waals surface area contributed by atoms with Gasteiger partial charge in [0, 0.05) is 49.0 Å². The van der Waals surface area contributed by atoms with E-state index in [9.17, 15) is 0 Å². The first-order valence-corrected chi connectivity index (χ1v) is 7.86. The van der Waals surface area contributed by atoms with Gasteiger partial charge in [-0.3, -0.25) is 4.90 Å². The molecular formula is C16H26ClN3. The zero-order valence-corrected chi connectivity index (χ0v) is 13.6. The van der Waals surface area contributed by atoms with E-state index in [2.05, 4.69) is 48.0 Å². The van der Waals surface area contributed by atoms with Crippen molar-refractivity contribution in [2.24, 2.45) is 0 Å². The normalized spacial score (nSPS) is 17.5. The number of hydrogen-bond acceptors (Lipinski definition) is 3. The molecule has 0 aromatic heterocycles. The van der Waals surface area contributed by atoms with Gasteiger partial charge in [0.05, 0.1) is 0 Å². The van der Waals surface area contributed by atoms with Crippen LogP contribution in [0.15, 0.2) is 24.3 Å². The zero-order valence-electron chi connectivity index (χ0n) is 12.8. The molecule has 0 amide bonds. The lowest BCUT2D eigenvalue weighted by molar-refractivity contribution is 0.193. The van der Waals surface area contributed by atoms with Gasteiger partial charge in [-0.2, -0.15) is 0 Å². The van der Waals surface area contributed by atoms with E-state index in [0.29, 0.717) is 0 Å². The Morgan fingerprint density at radius 2 is 1.90 bits per heavy atom. The molecule has 0 saturated carbocycles. The fourth-order valence-electron chi connectivity index (χ4n) is 2.93. The Balaban J connectivity index is 1.86. The van der Waals surface area contributed by atoms with Crippen molar-refractivity contribution in [3.05, 3.63) is 29.3 Å². The maximum atomic E-state index is 6.07. The molecule has 1 aromatic carbocycles. The fourth-order valence-corrected chi connectivity index (χ4v) is 3.12. The maximum Gasteiger partial charge on any atom is 0.0426 e. The van der Waals surface area contributed by atoms with Crippen molar-refractivity contribution >= 4 is 17.3 Å². The van der Waals surface area contributed by atoms with E-state index < -0.39 is 0 Å². The molecule has 1 heterocycles. The predicted molar refractivity (Wildman–Crippen MR) is 87.9 cm³/mol. The molecule has 3 nitrogen and oxygen atoms in total. The van der Waals surface area contributed by atoms with Gasteiger partial charge in [-0.05, 0) is 38.6 Å². The number of nitrogens with zero attached hydrogens (tertiary/aromatic N) is 2. The highest BCUT2D eigenvalue weighted by Crippen LogP contribution is 2.21. The molecule has 4 heteroatoms. The van der Waals surface area contributed by atoms with Crippen LogP contribution in [0.1, 0.15) is 20.8 Å². The monoisotopic (exact) mass is 295 g/mol. The summed E-state index contributed by atoms with van der Waals surface area (Å²) in [5, 5.41) is 4.36. The van der Waals surface area contributed by atoms with Crippen molar-refractivity contribution in [3.8, 4) is 0 Å². The second-order valence-electron chi connectivity index (χ2n) is 6.16. The third kappa shape index (κ3) is 4.37. The number of anilines is 1. The first kappa shape index (κ1) is 15.6. The van der Waals surface area contributed by atoms with Crippen LogP contribution < -0.4 is 10.2 Å². The summed E-state index contributed by atoms with van der Waals surface area (Å²) in [4.78, 5) is 4.96. The molecule has 0 atom stereocenters. The molecule has 0 unspecified atom stereocenters. The van der Waals surface area contributed by atoms with E-state index in [-0.39, 0.29) is 5.54 Å². The Bertz CT molecular complexity index is 425. The molecular weight excluding hydrogens is 270 g/mol. The summed E-state index contributed by atoms with van der Waals surface area (Å²) in [6.45, 7) is 13.2. The molecule has 0 bridgehead atoms. The molecule has 2 rings (SSSR count). The molecule has 0 radical (unpaired) electrons. The Labute approximate surface area is 127 Å². The van der Waals surface area contributed by atoms with Crippen LogP contribution in [0, 0.1) is 0 Å². The van der Waals surface area contributed by atoms with E-state index in [1.54, 1.807) is 0 Å². The summed E-state index contributed by atoms with van der Waals surface area (Å²) < 4.78 is 0. The smallest absolute Gasteiger partial charge is 0.0426 e. The summed E-state index contributed by atoms with van der Waals surface area (Å²) in [5.41, 5.74) is 1.43. The maximum absolute atomic E-state index is 6.07. The number of hydrogen-bond donors (Lipinski definition) is 1. The molecule has 1 fully saturated rings. The number of halogens is 1. The number of piperazine rings is 1. The highest BCUT2D eigenvalue weighted by molar-refractivity contribution is 6.30. The fraction of sp³-hybridized carbons (Fsp3) is 0.625. The van der Waals surface area contributed by atoms with Gasteiger partial charge in [0.15, 0.2) is 0 Å². The molecule has 0 aliphatic carbocycles. The van der Waals surface area contributed by atoms with Gasteiger partial charge in [0.25, 0.3) is 0 Å². The van der Waals surface area contributed by atoms with Crippen LogP contribution in [0.25, 0.3) is 0 Å². The van der Waals surface area contributed by atoms with E-state index in [4.69, 9.17) is 11.6 Å². The van der Waals surface area contributed by atoms with Crippen molar-refractivity contribution in [2.75, 3.05) is 44.2 Å². The van der Waals surface area contributed by atoms with E-state index >= 15 is 0 Å². The van der Waals surface area contributed by atoms with Crippen LogP contribution >= 0.6 is 11.6 Å². The summed E-state index contributed by atoms with van der Waals surface area (Å²) in [5.74, 6) is 0. The van der Waals surface area contributed by atoms with Crippen LogP contribution in [-0.4, -0.2) is 49.7 Å². The van der Waals surface area contributed by atoms with Gasteiger partial charge >= 0.3 is 0 Å². The summed E-state index contributed by atoms with van der Waals surface area (Å²) in [6.07, 6.45) is 0. The van der Waals surface area contributed by atoms with Crippen molar-refractivity contribution in [2.45, 2.75) is 26.3 Å². The molecule has 20 heavy (non-hydrogen) atoms. The number of benzene rings is 1. The lowest BCUT2D eigenvalue weighted by Crippen LogP contribution is -2.54. The minimum Gasteiger partial charge on any atom is -0.369 e. The Hall–Kier alpha value is -0.770. The van der Waals surface area contributed by atoms with Gasteiger partial charge in [0.1, 0.15) is 0 Å². The summed E-state index contributed by atoms with van der Waals surface area (Å²) in [6, 6.07) is 8.16. The van der Waals surface area contributed by atoms with Crippen molar-refractivity contribution in [1.82, 2.24) is 10.2 Å². The molecule has 1 aliphatic rings. The molecule has 0 spiro atoms. The average Bonchev–Trinajstić information content (AvgIpc) is 2.39. The van der Waals surface area contributed by atoms with Crippen LogP contribution in [0.2, 0.25) is 5.02 Å². The Morgan fingerprint density at radius 3 is 2.50 bits per heavy atom. The third-order valence-corrected chi connectivity index (χ3v) is 4.05. The SMILES string of the molecule is CCNC(C)(C)CN1CCN(c2cccc(Cl)c2)CC1. The highest BCUT2D eigenvalue weighted by Gasteiger charge is 2.24. The van der Waals surface area contributed by atoms with Crippen molar-refractivity contribution < 1.29 is 0 Å². The second kappa shape index (κ2) is 6.79. The van der Waals surface area contributed by atoms with E-state index in [1.807, 2.05) is 12.1 Å². The molecule has 1 saturated heterocycles. The molecule has 1 aromatic rings. The largest absolute Gasteiger partial charge is 0.369 e. The van der Waals surface area contributed by atoms with Gasteiger partial charge in [0.2, 0.25) is 0 Å². The Morgan fingerprint density at radius 1 is 1.20 bits per heavy atom. The lowest BCUT2D eigenvalue weighted by atomic mass is 10.0. The summed E-state index contributed by atoms with van der Waals surface area (Å²) in [7, 11) is 0. The first-order valence-electron chi connectivity index (χ1n) is 7.48. The first-order chi connectivity index (χ1) is 9.50. The van der Waals surface area contributed by atoms with Crippen LogP contribution in [0.5, 0.6) is 0 Å². The van der Waals surface area contributed by atoms with Crippen molar-refractivity contribution in [3.63, 3.8) is 0 Å². The zero-order chi connectivity index (χ0) is 14.6. The number of rotatable bonds is 5. The molecule has 1 aliphatic heterocycles. The minimum atomic E-state index is 0.187. The van der Waals surface area contributed by atoms with Gasteiger partial charge in [-0.25, -0.2) is 0 Å². The van der Waals surface area contributed by atoms with Crippen LogP contribution in [0.3, 0.4) is 0 Å². The lowest BCUT2D eigenvalue weighted by Gasteiger charge is -2.40. The average molecular weight is 296 g/mol. The topological polar surface area (TPSA) is 18.5 Å². The molecule has 1 N–H and O–H groups in total. The van der Waals surface area contributed by atoms with Crippen molar-refractivity contribution in [1.29, 1.82) is 0 Å². The minimum absolute atomic E-state index is 0.187. The van der Waals surface area contributed by atoms with Gasteiger partial charge < -0.3 is 10.2 Å². The predicted octanol–water partition coefficient (Wildman–Crippen LogP) is 2.85. The van der Waals surface area contributed by atoms with Crippen LogP contribution in [-0.2, 0) is 0 Å². The van der Waals surface area contributed by atoms with E-state index in [1.165, 1.54) is 5.69 Å². The number of nitrogens with one attached hydrogen (secondary N) is 1. The number of likely N-dealkylation sites (N-methyl/N-ethyl adjacent to an activating group) is 1. The summed E-state index contributed by atoms with van der Waals surface area (Å²) >= 11 is 6.07. The quantitative estimate of drug-likeness (QED) is 0.901. The molecule has 112 valence electrons. The Kier molecular flexibility index (Phi) is 5.30. The third-order valence-electron chi connectivity index (χ3n) is 3.82. The highest BCUT2D eigenvalue weighted by atomic mass is 35.5. The van der Waals surface area contributed by atoms with Gasteiger partial charge in [-0.1, -0.05) is 24.6 Å². The van der Waals surface area contributed by atoms with Gasteiger partial charge in [-0.15, -0.1) is 0 Å². The van der Waals surface area contributed by atoms with E-state index in [0.717, 1.165) is 44.3 Å². The van der Waals surface area contributed by atoms with Crippen LogP contribution in [0.4, 0.5) is 5.69 Å². The standard InChI is InChI=1S/C16H26ClN3/c1-4-18-16(2,3)13-19-8-10-20(11-9-19)15-7-5-6-14(17)12-15/h5-7,12,18H,4,8-11,13H2,1-3H3. The second-order valence-corrected chi connectivity index (χ2v) is 6.59.